The lowest BCUT2D eigenvalue weighted by atomic mass is 10.2. The van der Waals surface area contributed by atoms with Crippen molar-refractivity contribution in [2.45, 2.75) is 19.4 Å². The number of hydrogen-bond donors (Lipinski definition) is 3. The Hall–Kier alpha value is -1.40. The van der Waals surface area contributed by atoms with Gasteiger partial charge in [0.25, 0.3) is 0 Å². The number of thioether (sulfide) groups is 1. The summed E-state index contributed by atoms with van der Waals surface area (Å²) in [5.74, 6) is -0.264. The van der Waals surface area contributed by atoms with E-state index in [4.69, 9.17) is 16.7 Å². The highest BCUT2D eigenvalue weighted by Crippen LogP contribution is 2.21. The lowest BCUT2D eigenvalue weighted by Gasteiger charge is -2.16. The first kappa shape index (κ1) is 16.7. The Morgan fingerprint density at radius 2 is 2.15 bits per heavy atom. The number of halogens is 1. The molecular formula is C13H17ClN2O3S. The van der Waals surface area contributed by atoms with E-state index in [0.29, 0.717) is 5.69 Å². The number of urea groups is 1. The third kappa shape index (κ3) is 4.94. The van der Waals surface area contributed by atoms with Gasteiger partial charge in [-0.1, -0.05) is 18.5 Å². The van der Waals surface area contributed by atoms with Gasteiger partial charge in [-0.05, 0) is 30.9 Å². The molecule has 1 unspecified atom stereocenters. The zero-order chi connectivity index (χ0) is 15.1. The summed E-state index contributed by atoms with van der Waals surface area (Å²) in [5.41, 5.74) is 0.461. The minimum Gasteiger partial charge on any atom is -0.478 e. The van der Waals surface area contributed by atoms with Gasteiger partial charge in [0.05, 0.1) is 10.6 Å². The van der Waals surface area contributed by atoms with Crippen LogP contribution in [0.15, 0.2) is 18.2 Å². The fourth-order valence-corrected chi connectivity index (χ4v) is 2.56. The standard InChI is InChI=1S/C13H17ClN2O3S/c1-3-8(7-20-2)15-13(19)16-9-4-5-10(12(17)18)11(14)6-9/h4-6,8H,3,7H2,1-2H3,(H,17,18)(H2,15,16,19). The van der Waals surface area contributed by atoms with Gasteiger partial charge in [-0.3, -0.25) is 0 Å². The van der Waals surface area contributed by atoms with E-state index in [-0.39, 0.29) is 22.7 Å². The summed E-state index contributed by atoms with van der Waals surface area (Å²) < 4.78 is 0. The Morgan fingerprint density at radius 3 is 2.65 bits per heavy atom. The van der Waals surface area contributed by atoms with E-state index in [9.17, 15) is 9.59 Å². The van der Waals surface area contributed by atoms with Crippen LogP contribution in [0.1, 0.15) is 23.7 Å². The smallest absolute Gasteiger partial charge is 0.337 e. The van der Waals surface area contributed by atoms with Crippen molar-refractivity contribution < 1.29 is 14.7 Å². The fraction of sp³-hybridized carbons (Fsp3) is 0.385. The molecule has 0 heterocycles. The first-order chi connectivity index (χ1) is 9.47. The molecule has 0 aliphatic carbocycles. The summed E-state index contributed by atoms with van der Waals surface area (Å²) in [6, 6.07) is 4.05. The molecule has 0 saturated heterocycles. The monoisotopic (exact) mass is 316 g/mol. The van der Waals surface area contributed by atoms with Crippen LogP contribution in [0.25, 0.3) is 0 Å². The molecule has 1 rings (SSSR count). The van der Waals surface area contributed by atoms with E-state index < -0.39 is 5.97 Å². The van der Waals surface area contributed by atoms with E-state index in [2.05, 4.69) is 10.6 Å². The van der Waals surface area contributed by atoms with E-state index in [1.807, 2.05) is 13.2 Å². The SMILES string of the molecule is CCC(CSC)NC(=O)Nc1ccc(C(=O)O)c(Cl)c1. The second kappa shape index (κ2) is 8.01. The van der Waals surface area contributed by atoms with E-state index in [1.54, 1.807) is 11.8 Å². The lowest BCUT2D eigenvalue weighted by Crippen LogP contribution is -2.39. The number of aromatic carboxylic acids is 1. The molecule has 7 heteroatoms. The Morgan fingerprint density at radius 1 is 1.45 bits per heavy atom. The zero-order valence-electron chi connectivity index (χ0n) is 11.3. The summed E-state index contributed by atoms with van der Waals surface area (Å²) in [6.07, 6.45) is 2.82. The fourth-order valence-electron chi connectivity index (χ4n) is 1.58. The average molecular weight is 317 g/mol. The van der Waals surface area contributed by atoms with E-state index >= 15 is 0 Å². The van der Waals surface area contributed by atoms with Crippen LogP contribution < -0.4 is 10.6 Å². The summed E-state index contributed by atoms with van der Waals surface area (Å²) in [7, 11) is 0. The van der Waals surface area contributed by atoms with Crippen LogP contribution in [0, 0.1) is 0 Å². The molecule has 0 radical (unpaired) electrons. The number of carboxylic acid groups (broad SMARTS) is 1. The Kier molecular flexibility index (Phi) is 6.67. The molecule has 0 bridgehead atoms. The van der Waals surface area contributed by atoms with Crippen molar-refractivity contribution >= 4 is 41.1 Å². The highest BCUT2D eigenvalue weighted by atomic mass is 35.5. The van der Waals surface area contributed by atoms with Gasteiger partial charge in [0.15, 0.2) is 0 Å². The van der Waals surface area contributed by atoms with Crippen LogP contribution in [0.3, 0.4) is 0 Å². The van der Waals surface area contributed by atoms with Crippen molar-refractivity contribution in [1.29, 1.82) is 0 Å². The van der Waals surface area contributed by atoms with Gasteiger partial charge < -0.3 is 15.7 Å². The number of carbonyl (C=O) groups is 2. The van der Waals surface area contributed by atoms with Crippen LogP contribution in [-0.4, -0.2) is 35.2 Å². The molecule has 0 fully saturated rings. The maximum absolute atomic E-state index is 11.8. The van der Waals surface area contributed by atoms with Gasteiger partial charge in [0.1, 0.15) is 0 Å². The maximum Gasteiger partial charge on any atom is 0.337 e. The molecule has 1 aromatic rings. The van der Waals surface area contributed by atoms with Crippen LogP contribution in [0.5, 0.6) is 0 Å². The van der Waals surface area contributed by atoms with Gasteiger partial charge >= 0.3 is 12.0 Å². The number of benzene rings is 1. The quantitative estimate of drug-likeness (QED) is 0.752. The first-order valence-corrected chi connectivity index (χ1v) is 7.84. The van der Waals surface area contributed by atoms with Crippen molar-refractivity contribution in [1.82, 2.24) is 5.32 Å². The predicted octanol–water partition coefficient (Wildman–Crippen LogP) is 3.30. The second-order valence-electron chi connectivity index (χ2n) is 4.16. The van der Waals surface area contributed by atoms with Gasteiger partial charge in [-0.25, -0.2) is 9.59 Å². The summed E-state index contributed by atoms with van der Waals surface area (Å²) in [6.45, 7) is 2.00. The summed E-state index contributed by atoms with van der Waals surface area (Å²) in [5, 5.41) is 14.4. The molecule has 0 aromatic heterocycles. The van der Waals surface area contributed by atoms with Crippen molar-refractivity contribution in [3.05, 3.63) is 28.8 Å². The second-order valence-corrected chi connectivity index (χ2v) is 5.48. The van der Waals surface area contributed by atoms with Crippen molar-refractivity contribution in [3.8, 4) is 0 Å². The average Bonchev–Trinajstić information content (AvgIpc) is 2.37. The first-order valence-electron chi connectivity index (χ1n) is 6.07. The van der Waals surface area contributed by atoms with Crippen LogP contribution >= 0.6 is 23.4 Å². The number of amides is 2. The number of rotatable bonds is 6. The normalized spacial score (nSPS) is 11.8. The third-order valence-corrected chi connectivity index (χ3v) is 3.70. The number of anilines is 1. The largest absolute Gasteiger partial charge is 0.478 e. The number of carboxylic acids is 1. The minimum atomic E-state index is -1.10. The van der Waals surface area contributed by atoms with Gasteiger partial charge in [-0.2, -0.15) is 11.8 Å². The number of hydrogen-bond acceptors (Lipinski definition) is 3. The van der Waals surface area contributed by atoms with E-state index in [1.165, 1.54) is 18.2 Å². The maximum atomic E-state index is 11.8. The molecule has 1 aromatic carbocycles. The van der Waals surface area contributed by atoms with Crippen molar-refractivity contribution in [3.63, 3.8) is 0 Å². The predicted molar refractivity (Wildman–Crippen MR) is 83.0 cm³/mol. The third-order valence-electron chi connectivity index (χ3n) is 2.65. The van der Waals surface area contributed by atoms with Crippen molar-refractivity contribution in [2.75, 3.05) is 17.3 Å². The van der Waals surface area contributed by atoms with Crippen LogP contribution in [0.2, 0.25) is 5.02 Å². The van der Waals surface area contributed by atoms with E-state index in [0.717, 1.165) is 12.2 Å². The van der Waals surface area contributed by atoms with Gasteiger partial charge in [0, 0.05) is 17.5 Å². The Balaban J connectivity index is 2.66. The van der Waals surface area contributed by atoms with Gasteiger partial charge in [0.2, 0.25) is 0 Å². The number of nitrogens with one attached hydrogen (secondary N) is 2. The minimum absolute atomic E-state index is 0.00597. The molecule has 1 atom stereocenters. The summed E-state index contributed by atoms with van der Waals surface area (Å²) in [4.78, 5) is 22.6. The lowest BCUT2D eigenvalue weighted by molar-refractivity contribution is 0.0697. The topological polar surface area (TPSA) is 78.4 Å². The highest BCUT2D eigenvalue weighted by Gasteiger charge is 2.12. The molecular weight excluding hydrogens is 300 g/mol. The number of carbonyl (C=O) groups excluding carboxylic acids is 1. The summed E-state index contributed by atoms with van der Waals surface area (Å²) >= 11 is 7.50. The molecule has 110 valence electrons. The zero-order valence-corrected chi connectivity index (χ0v) is 12.8. The van der Waals surface area contributed by atoms with Gasteiger partial charge in [-0.15, -0.1) is 0 Å². The van der Waals surface area contributed by atoms with Crippen LogP contribution in [0.4, 0.5) is 10.5 Å². The molecule has 20 heavy (non-hydrogen) atoms. The molecule has 0 aliphatic heterocycles. The van der Waals surface area contributed by atoms with Crippen LogP contribution in [-0.2, 0) is 0 Å². The molecule has 0 saturated carbocycles. The Labute approximate surface area is 127 Å². The Bertz CT molecular complexity index is 497. The highest BCUT2D eigenvalue weighted by molar-refractivity contribution is 7.98. The molecule has 0 spiro atoms. The van der Waals surface area contributed by atoms with Crippen molar-refractivity contribution in [2.24, 2.45) is 0 Å². The molecule has 2 amide bonds. The molecule has 0 aliphatic rings. The molecule has 3 N–H and O–H groups in total. The molecule has 5 nitrogen and oxygen atoms in total.